The van der Waals surface area contributed by atoms with Crippen LogP contribution in [0.3, 0.4) is 0 Å². The first-order chi connectivity index (χ1) is 17.8. The molecule has 1 N–H and O–H groups in total. The van der Waals surface area contributed by atoms with Crippen LogP contribution in [0.5, 0.6) is 0 Å². The molecule has 10 heteroatoms. The molecule has 0 radical (unpaired) electrons. The van der Waals surface area contributed by atoms with Crippen molar-refractivity contribution in [3.8, 4) is 11.3 Å². The zero-order valence-electron chi connectivity index (χ0n) is 21.3. The summed E-state index contributed by atoms with van der Waals surface area (Å²) >= 11 is 0. The molecule has 1 fully saturated rings. The van der Waals surface area contributed by atoms with Gasteiger partial charge in [-0.05, 0) is 25.0 Å². The van der Waals surface area contributed by atoms with Crippen molar-refractivity contribution >= 4 is 16.9 Å². The first-order valence-electron chi connectivity index (χ1n) is 12.6. The normalized spacial score (nSPS) is 15.6. The molecular weight excluding hydrogens is 476 g/mol. The van der Waals surface area contributed by atoms with E-state index in [4.69, 9.17) is 9.97 Å². The third-order valence-corrected chi connectivity index (χ3v) is 6.80. The molecule has 194 valence electrons. The monoisotopic (exact) mass is 507 g/mol. The molecule has 1 aromatic carbocycles. The number of halogens is 2. The summed E-state index contributed by atoms with van der Waals surface area (Å²) in [7, 11) is 0. The zero-order chi connectivity index (χ0) is 26.1. The van der Waals surface area contributed by atoms with Gasteiger partial charge in [0.05, 0.1) is 29.7 Å². The third-order valence-electron chi connectivity index (χ3n) is 6.80. The van der Waals surface area contributed by atoms with Crippen molar-refractivity contribution in [1.82, 2.24) is 29.6 Å². The van der Waals surface area contributed by atoms with Gasteiger partial charge >= 0.3 is 0 Å². The molecule has 1 saturated heterocycles. The van der Waals surface area contributed by atoms with E-state index >= 15 is 0 Å². The molecule has 0 saturated carbocycles. The van der Waals surface area contributed by atoms with Crippen LogP contribution in [-0.2, 0) is 13.1 Å². The van der Waals surface area contributed by atoms with Gasteiger partial charge in [0.25, 0.3) is 0 Å². The number of rotatable bonds is 7. The molecule has 4 aromatic rings. The molecule has 1 atom stereocenters. The average molecular weight is 508 g/mol. The van der Waals surface area contributed by atoms with Crippen molar-refractivity contribution in [1.29, 1.82) is 0 Å². The van der Waals surface area contributed by atoms with E-state index in [1.165, 1.54) is 12.1 Å². The summed E-state index contributed by atoms with van der Waals surface area (Å²) in [5, 5.41) is 15.0. The standard InChI is InChI=1S/C27H31F2N7O/c1-4-36-16-19(13-31-36)25-27(33-22-12-23(26(37)17(2)3)30-14-24(22)32-25)35-9-7-34(8-10-35)15-18-5-6-20(28)11-21(18)29/h5-6,11-14,16-17,26,37H,4,7-10,15H2,1-3H3. The van der Waals surface area contributed by atoms with Crippen molar-refractivity contribution in [3.63, 3.8) is 0 Å². The minimum Gasteiger partial charge on any atom is -0.387 e. The lowest BCUT2D eigenvalue weighted by atomic mass is 10.0. The molecule has 1 aliphatic rings. The Morgan fingerprint density at radius 3 is 2.46 bits per heavy atom. The number of hydrogen-bond acceptors (Lipinski definition) is 7. The fourth-order valence-electron chi connectivity index (χ4n) is 4.55. The van der Waals surface area contributed by atoms with Gasteiger partial charge in [0.2, 0.25) is 0 Å². The number of fused-ring (bicyclic) bond motifs is 1. The fraction of sp³-hybridized carbons (Fsp3) is 0.407. The maximum absolute atomic E-state index is 14.2. The number of aromatic nitrogens is 5. The van der Waals surface area contributed by atoms with Crippen LogP contribution in [0, 0.1) is 17.6 Å². The van der Waals surface area contributed by atoms with E-state index in [1.807, 2.05) is 37.7 Å². The van der Waals surface area contributed by atoms with Gasteiger partial charge in [-0.2, -0.15) is 5.10 Å². The van der Waals surface area contributed by atoms with Gasteiger partial charge < -0.3 is 10.0 Å². The van der Waals surface area contributed by atoms with Gasteiger partial charge in [-0.15, -0.1) is 0 Å². The highest BCUT2D eigenvalue weighted by Gasteiger charge is 2.24. The lowest BCUT2D eigenvalue weighted by Gasteiger charge is -2.36. The molecule has 1 aliphatic heterocycles. The van der Waals surface area contributed by atoms with Crippen LogP contribution in [-0.4, -0.2) is 60.9 Å². The fourth-order valence-corrected chi connectivity index (χ4v) is 4.55. The number of aliphatic hydroxyl groups is 1. The predicted octanol–water partition coefficient (Wildman–Crippen LogP) is 4.20. The maximum Gasteiger partial charge on any atom is 0.156 e. The highest BCUT2D eigenvalue weighted by atomic mass is 19.1. The summed E-state index contributed by atoms with van der Waals surface area (Å²) < 4.78 is 29.3. The summed E-state index contributed by atoms with van der Waals surface area (Å²) in [5.41, 5.74) is 3.96. The van der Waals surface area contributed by atoms with E-state index in [-0.39, 0.29) is 5.92 Å². The quantitative estimate of drug-likeness (QED) is 0.402. The van der Waals surface area contributed by atoms with E-state index in [0.29, 0.717) is 55.0 Å². The summed E-state index contributed by atoms with van der Waals surface area (Å²) in [6, 6.07) is 5.54. The van der Waals surface area contributed by atoms with Crippen LogP contribution >= 0.6 is 0 Å². The number of pyridine rings is 1. The second kappa shape index (κ2) is 10.5. The number of aryl methyl sites for hydroxylation is 1. The van der Waals surface area contributed by atoms with Gasteiger partial charge in [-0.3, -0.25) is 14.6 Å². The maximum atomic E-state index is 14.2. The van der Waals surface area contributed by atoms with Gasteiger partial charge in [0.15, 0.2) is 5.82 Å². The second-order valence-corrected chi connectivity index (χ2v) is 9.77. The van der Waals surface area contributed by atoms with Crippen LogP contribution in [0.2, 0.25) is 0 Å². The summed E-state index contributed by atoms with van der Waals surface area (Å²) in [5.74, 6) is -0.326. The Labute approximate surface area is 214 Å². The minimum absolute atomic E-state index is 0.0237. The van der Waals surface area contributed by atoms with E-state index in [2.05, 4.69) is 19.9 Å². The SMILES string of the molecule is CCn1cc(-c2nc3cnc(C(O)C(C)C)cc3nc2N2CCN(Cc3ccc(F)cc3F)CC2)cn1. The van der Waals surface area contributed by atoms with E-state index < -0.39 is 17.7 Å². The Bertz CT molecular complexity index is 1400. The van der Waals surface area contributed by atoms with Gasteiger partial charge in [-0.25, -0.2) is 18.7 Å². The van der Waals surface area contributed by atoms with Crippen molar-refractivity contribution in [2.24, 2.45) is 5.92 Å². The van der Waals surface area contributed by atoms with E-state index in [0.717, 1.165) is 29.7 Å². The van der Waals surface area contributed by atoms with Gasteiger partial charge in [0, 0.05) is 62.7 Å². The predicted molar refractivity (Wildman–Crippen MR) is 138 cm³/mol. The van der Waals surface area contributed by atoms with Crippen LogP contribution in [0.4, 0.5) is 14.6 Å². The van der Waals surface area contributed by atoms with Gasteiger partial charge in [-0.1, -0.05) is 19.9 Å². The molecule has 0 spiro atoms. The number of benzene rings is 1. The van der Waals surface area contributed by atoms with Gasteiger partial charge in [0.1, 0.15) is 22.8 Å². The average Bonchev–Trinajstić information content (AvgIpc) is 3.38. The van der Waals surface area contributed by atoms with Crippen molar-refractivity contribution < 1.29 is 13.9 Å². The number of nitrogens with zero attached hydrogens (tertiary/aromatic N) is 7. The number of aliphatic hydroxyl groups excluding tert-OH is 1. The van der Waals surface area contributed by atoms with E-state index in [9.17, 15) is 13.9 Å². The first kappa shape index (κ1) is 25.2. The number of piperazine rings is 1. The molecular formula is C27H31F2N7O. The Hall–Kier alpha value is -3.50. The minimum atomic E-state index is -0.687. The first-order valence-corrected chi connectivity index (χ1v) is 12.6. The van der Waals surface area contributed by atoms with Crippen molar-refractivity contribution in [3.05, 3.63) is 65.7 Å². The molecule has 5 rings (SSSR count). The van der Waals surface area contributed by atoms with Crippen LogP contribution in [0.15, 0.2) is 42.9 Å². The molecule has 37 heavy (non-hydrogen) atoms. The van der Waals surface area contributed by atoms with Crippen LogP contribution in [0.25, 0.3) is 22.3 Å². The van der Waals surface area contributed by atoms with E-state index in [1.54, 1.807) is 12.4 Å². The highest BCUT2D eigenvalue weighted by molar-refractivity contribution is 5.83. The van der Waals surface area contributed by atoms with Crippen molar-refractivity contribution in [2.45, 2.75) is 40.0 Å². The Balaban J connectivity index is 1.45. The summed E-state index contributed by atoms with van der Waals surface area (Å²) in [6.45, 7) is 9.80. The molecule has 0 amide bonds. The molecule has 0 bridgehead atoms. The molecule has 0 aliphatic carbocycles. The number of anilines is 1. The summed E-state index contributed by atoms with van der Waals surface area (Å²) in [4.78, 5) is 18.7. The smallest absolute Gasteiger partial charge is 0.156 e. The lowest BCUT2D eigenvalue weighted by molar-refractivity contribution is 0.122. The summed E-state index contributed by atoms with van der Waals surface area (Å²) in [6.07, 6.45) is 4.72. The molecule has 8 nitrogen and oxygen atoms in total. The zero-order valence-corrected chi connectivity index (χ0v) is 21.3. The lowest BCUT2D eigenvalue weighted by Crippen LogP contribution is -2.46. The number of hydrogen-bond donors (Lipinski definition) is 1. The molecule has 3 aromatic heterocycles. The topological polar surface area (TPSA) is 83.2 Å². The van der Waals surface area contributed by atoms with Crippen molar-refractivity contribution in [2.75, 3.05) is 31.1 Å². The van der Waals surface area contributed by atoms with Crippen LogP contribution in [0.1, 0.15) is 38.1 Å². The Morgan fingerprint density at radius 2 is 1.78 bits per heavy atom. The highest BCUT2D eigenvalue weighted by Crippen LogP contribution is 2.31. The molecule has 1 unspecified atom stereocenters. The molecule has 4 heterocycles. The Kier molecular flexibility index (Phi) is 7.12. The van der Waals surface area contributed by atoms with Crippen LogP contribution < -0.4 is 4.90 Å². The third kappa shape index (κ3) is 5.30. The second-order valence-electron chi connectivity index (χ2n) is 9.77. The largest absolute Gasteiger partial charge is 0.387 e. The Morgan fingerprint density at radius 1 is 1.00 bits per heavy atom.